The van der Waals surface area contributed by atoms with Crippen molar-refractivity contribution in [3.8, 4) is 5.75 Å². The molecule has 0 spiro atoms. The van der Waals surface area contributed by atoms with Crippen molar-refractivity contribution in [2.45, 2.75) is 26.5 Å². The Bertz CT molecular complexity index is 567. The number of para-hydroxylation sites is 1. The number of benzene rings is 2. The molecule has 0 amide bonds. The van der Waals surface area contributed by atoms with Gasteiger partial charge >= 0.3 is 0 Å². The maximum Gasteiger partial charge on any atom is 0.144 e. The maximum atomic E-state index is 6.11. The van der Waals surface area contributed by atoms with Crippen molar-refractivity contribution in [2.75, 3.05) is 11.1 Å². The summed E-state index contributed by atoms with van der Waals surface area (Å²) in [6.07, 6.45) is 0.101. The predicted octanol–water partition coefficient (Wildman–Crippen LogP) is 4.32. The van der Waals surface area contributed by atoms with Crippen LogP contribution in [0.1, 0.15) is 19.4 Å². The van der Waals surface area contributed by atoms with E-state index in [1.165, 1.54) is 0 Å². The molecule has 2 aromatic carbocycles. The summed E-state index contributed by atoms with van der Waals surface area (Å²) in [5.74, 6) is 0.709. The molecular weight excluding hydrogens is 272 g/mol. The topological polar surface area (TPSA) is 47.3 Å². The first-order valence-electron chi connectivity index (χ1n) is 6.59. The van der Waals surface area contributed by atoms with Crippen LogP contribution < -0.4 is 15.8 Å². The molecule has 3 N–H and O–H groups in total. The van der Waals surface area contributed by atoms with Crippen molar-refractivity contribution in [1.82, 2.24) is 0 Å². The molecule has 0 atom stereocenters. The summed E-state index contributed by atoms with van der Waals surface area (Å²) in [5, 5.41) is 4.05. The van der Waals surface area contributed by atoms with E-state index in [0.29, 0.717) is 18.0 Å². The molecule has 106 valence electrons. The van der Waals surface area contributed by atoms with Crippen molar-refractivity contribution in [2.24, 2.45) is 0 Å². The molecule has 20 heavy (non-hydrogen) atoms. The Morgan fingerprint density at radius 2 is 1.85 bits per heavy atom. The lowest BCUT2D eigenvalue weighted by atomic mass is 10.2. The first-order valence-corrected chi connectivity index (χ1v) is 6.97. The summed E-state index contributed by atoms with van der Waals surface area (Å²) >= 11 is 5.87. The van der Waals surface area contributed by atoms with Gasteiger partial charge in [0.25, 0.3) is 0 Å². The summed E-state index contributed by atoms with van der Waals surface area (Å²) in [6, 6.07) is 13.5. The number of hydrogen-bond acceptors (Lipinski definition) is 3. The summed E-state index contributed by atoms with van der Waals surface area (Å²) in [5.41, 5.74) is 8.76. The van der Waals surface area contributed by atoms with E-state index in [9.17, 15) is 0 Å². The predicted molar refractivity (Wildman–Crippen MR) is 85.4 cm³/mol. The van der Waals surface area contributed by atoms with Gasteiger partial charge in [0.1, 0.15) is 5.75 Å². The van der Waals surface area contributed by atoms with Crippen LogP contribution in [0, 0.1) is 0 Å². The van der Waals surface area contributed by atoms with E-state index in [1.54, 1.807) is 0 Å². The molecule has 3 nitrogen and oxygen atoms in total. The van der Waals surface area contributed by atoms with Gasteiger partial charge in [-0.1, -0.05) is 29.8 Å². The number of nitrogens with one attached hydrogen (secondary N) is 1. The summed E-state index contributed by atoms with van der Waals surface area (Å²) < 4.78 is 5.67. The van der Waals surface area contributed by atoms with Crippen molar-refractivity contribution in [3.63, 3.8) is 0 Å². The second-order valence-electron chi connectivity index (χ2n) is 4.86. The lowest BCUT2D eigenvalue weighted by Gasteiger charge is -2.15. The Kier molecular flexibility index (Phi) is 4.74. The third kappa shape index (κ3) is 3.81. The highest BCUT2D eigenvalue weighted by Gasteiger charge is 2.07. The minimum absolute atomic E-state index is 0.101. The highest BCUT2D eigenvalue weighted by Crippen LogP contribution is 2.30. The zero-order chi connectivity index (χ0) is 14.5. The first kappa shape index (κ1) is 14.5. The standard InChI is InChI=1S/C16H19ClN2O/c1-11(2)20-15-5-3-4-14(16(15)18)19-10-12-6-8-13(17)9-7-12/h3-9,11,19H,10,18H2,1-2H3. The van der Waals surface area contributed by atoms with Crippen LogP contribution in [0.2, 0.25) is 5.02 Å². The van der Waals surface area contributed by atoms with Gasteiger partial charge < -0.3 is 15.8 Å². The minimum atomic E-state index is 0.101. The fraction of sp³-hybridized carbons (Fsp3) is 0.250. The number of nitrogens with two attached hydrogens (primary N) is 1. The molecule has 0 fully saturated rings. The van der Waals surface area contributed by atoms with Crippen molar-refractivity contribution in [1.29, 1.82) is 0 Å². The van der Waals surface area contributed by atoms with E-state index in [4.69, 9.17) is 22.1 Å². The monoisotopic (exact) mass is 290 g/mol. The number of nitrogen functional groups attached to an aromatic ring is 1. The molecular formula is C16H19ClN2O. The molecule has 0 saturated heterocycles. The van der Waals surface area contributed by atoms with Gasteiger partial charge in [0.15, 0.2) is 0 Å². The van der Waals surface area contributed by atoms with Crippen LogP contribution in [0.4, 0.5) is 11.4 Å². The zero-order valence-electron chi connectivity index (χ0n) is 11.7. The Hall–Kier alpha value is -1.87. The lowest BCUT2D eigenvalue weighted by molar-refractivity contribution is 0.244. The van der Waals surface area contributed by atoms with Gasteiger partial charge in [-0.05, 0) is 43.7 Å². The number of halogens is 1. The van der Waals surface area contributed by atoms with Gasteiger partial charge in [0, 0.05) is 11.6 Å². The summed E-state index contributed by atoms with van der Waals surface area (Å²) in [7, 11) is 0. The summed E-state index contributed by atoms with van der Waals surface area (Å²) in [4.78, 5) is 0. The van der Waals surface area contributed by atoms with E-state index in [0.717, 1.165) is 16.3 Å². The van der Waals surface area contributed by atoms with E-state index in [1.807, 2.05) is 56.3 Å². The van der Waals surface area contributed by atoms with Crippen molar-refractivity contribution >= 4 is 23.0 Å². The molecule has 0 bridgehead atoms. The molecule has 2 aromatic rings. The van der Waals surface area contributed by atoms with Crippen LogP contribution in [0.5, 0.6) is 5.75 Å². The van der Waals surface area contributed by atoms with Crippen LogP contribution in [0.15, 0.2) is 42.5 Å². The molecule has 2 rings (SSSR count). The quantitative estimate of drug-likeness (QED) is 0.806. The molecule has 0 unspecified atom stereocenters. The van der Waals surface area contributed by atoms with Crippen LogP contribution in [-0.2, 0) is 6.54 Å². The molecule has 0 aliphatic rings. The van der Waals surface area contributed by atoms with Crippen molar-refractivity contribution < 1.29 is 4.74 Å². The summed E-state index contributed by atoms with van der Waals surface area (Å²) in [6.45, 7) is 4.65. The molecule has 0 aliphatic carbocycles. The van der Waals surface area contributed by atoms with Crippen LogP contribution in [-0.4, -0.2) is 6.10 Å². The van der Waals surface area contributed by atoms with Gasteiger partial charge in [-0.15, -0.1) is 0 Å². The number of hydrogen-bond donors (Lipinski definition) is 2. The molecule has 0 heterocycles. The van der Waals surface area contributed by atoms with Gasteiger partial charge in [0.2, 0.25) is 0 Å². The fourth-order valence-electron chi connectivity index (χ4n) is 1.85. The van der Waals surface area contributed by atoms with Crippen LogP contribution >= 0.6 is 11.6 Å². The Labute approximate surface area is 124 Å². The highest BCUT2D eigenvalue weighted by molar-refractivity contribution is 6.30. The molecule has 4 heteroatoms. The number of ether oxygens (including phenoxy) is 1. The second kappa shape index (κ2) is 6.53. The van der Waals surface area contributed by atoms with Gasteiger partial charge in [-0.3, -0.25) is 0 Å². The molecule has 0 aliphatic heterocycles. The fourth-order valence-corrected chi connectivity index (χ4v) is 1.98. The maximum absolute atomic E-state index is 6.11. The third-order valence-corrected chi connectivity index (χ3v) is 3.08. The van der Waals surface area contributed by atoms with Crippen molar-refractivity contribution in [3.05, 3.63) is 53.1 Å². The number of anilines is 2. The lowest BCUT2D eigenvalue weighted by Crippen LogP contribution is -2.09. The largest absolute Gasteiger partial charge is 0.489 e. The van der Waals surface area contributed by atoms with E-state index >= 15 is 0 Å². The number of rotatable bonds is 5. The minimum Gasteiger partial charge on any atom is -0.489 e. The third-order valence-electron chi connectivity index (χ3n) is 2.83. The Morgan fingerprint density at radius 3 is 2.50 bits per heavy atom. The van der Waals surface area contributed by atoms with E-state index in [2.05, 4.69) is 5.32 Å². The molecule has 0 radical (unpaired) electrons. The molecule has 0 aromatic heterocycles. The average Bonchev–Trinajstić information content (AvgIpc) is 2.41. The van der Waals surface area contributed by atoms with E-state index < -0.39 is 0 Å². The van der Waals surface area contributed by atoms with Crippen LogP contribution in [0.25, 0.3) is 0 Å². The highest BCUT2D eigenvalue weighted by atomic mass is 35.5. The molecule has 0 saturated carbocycles. The van der Waals surface area contributed by atoms with Gasteiger partial charge in [-0.25, -0.2) is 0 Å². The SMILES string of the molecule is CC(C)Oc1cccc(NCc2ccc(Cl)cc2)c1N. The smallest absolute Gasteiger partial charge is 0.144 e. The normalized spacial score (nSPS) is 10.6. The van der Waals surface area contributed by atoms with E-state index in [-0.39, 0.29) is 6.10 Å². The van der Waals surface area contributed by atoms with Gasteiger partial charge in [0.05, 0.1) is 17.5 Å². The van der Waals surface area contributed by atoms with Crippen LogP contribution in [0.3, 0.4) is 0 Å². The first-order chi connectivity index (χ1) is 9.56. The Morgan fingerprint density at radius 1 is 1.15 bits per heavy atom. The Balaban J connectivity index is 2.07. The zero-order valence-corrected chi connectivity index (χ0v) is 12.4. The average molecular weight is 291 g/mol. The van der Waals surface area contributed by atoms with Gasteiger partial charge in [-0.2, -0.15) is 0 Å². The second-order valence-corrected chi connectivity index (χ2v) is 5.30.